The number of aliphatic carboxylic acids is 1. The summed E-state index contributed by atoms with van der Waals surface area (Å²) in [6, 6.07) is 6.94. The highest BCUT2D eigenvalue weighted by Gasteiger charge is 2.30. The summed E-state index contributed by atoms with van der Waals surface area (Å²) < 4.78 is 6.78. The van der Waals surface area contributed by atoms with Crippen LogP contribution in [0.2, 0.25) is 0 Å². The summed E-state index contributed by atoms with van der Waals surface area (Å²) in [6.45, 7) is 5.64. The van der Waals surface area contributed by atoms with Crippen molar-refractivity contribution < 1.29 is 14.6 Å². The third kappa shape index (κ3) is 2.77. The summed E-state index contributed by atoms with van der Waals surface area (Å²) >= 11 is 0. The Morgan fingerprint density at radius 2 is 2.05 bits per heavy atom. The van der Waals surface area contributed by atoms with Crippen LogP contribution in [-0.4, -0.2) is 22.2 Å². The number of ether oxygens (including phenoxy) is 1. The maximum absolute atomic E-state index is 12.5. The molecule has 0 bridgehead atoms. The van der Waals surface area contributed by atoms with Crippen molar-refractivity contribution in [3.8, 4) is 5.75 Å². The number of nitrogens with zero attached hydrogens (tertiary/aromatic N) is 1. The van der Waals surface area contributed by atoms with Gasteiger partial charge in [-0.2, -0.15) is 0 Å². The van der Waals surface area contributed by atoms with E-state index in [0.717, 1.165) is 11.8 Å². The largest absolute Gasteiger partial charge is 0.494 e. The standard InChI is InChI=1S/C16H19NO4/c1-4-9-21-12-5-6-13-11(10-12)7-8-17(14(13)18)16(2,3)15(19)20/h5-8,10H,4,9H2,1-3H3,(H,19,20). The highest BCUT2D eigenvalue weighted by Crippen LogP contribution is 2.21. The molecule has 0 spiro atoms. The van der Waals surface area contributed by atoms with E-state index in [4.69, 9.17) is 4.74 Å². The molecule has 0 saturated carbocycles. The van der Waals surface area contributed by atoms with Gasteiger partial charge in [-0.25, -0.2) is 4.79 Å². The van der Waals surface area contributed by atoms with Crippen LogP contribution in [0.1, 0.15) is 27.2 Å². The van der Waals surface area contributed by atoms with Gasteiger partial charge in [-0.05, 0) is 49.9 Å². The molecule has 1 aromatic carbocycles. The zero-order valence-corrected chi connectivity index (χ0v) is 12.4. The Morgan fingerprint density at radius 1 is 1.33 bits per heavy atom. The van der Waals surface area contributed by atoms with E-state index in [2.05, 4.69) is 0 Å². The molecule has 0 saturated heterocycles. The maximum Gasteiger partial charge on any atom is 0.329 e. The van der Waals surface area contributed by atoms with Gasteiger partial charge in [0.15, 0.2) is 0 Å². The second kappa shape index (κ2) is 5.60. The van der Waals surface area contributed by atoms with Crippen molar-refractivity contribution in [1.29, 1.82) is 0 Å². The fourth-order valence-electron chi connectivity index (χ4n) is 2.08. The highest BCUT2D eigenvalue weighted by molar-refractivity contribution is 5.84. The summed E-state index contributed by atoms with van der Waals surface area (Å²) in [6.07, 6.45) is 2.43. The predicted octanol–water partition coefficient (Wildman–Crippen LogP) is 2.61. The first-order chi connectivity index (χ1) is 9.87. The summed E-state index contributed by atoms with van der Waals surface area (Å²) in [5, 5.41) is 10.5. The van der Waals surface area contributed by atoms with E-state index in [0.29, 0.717) is 17.7 Å². The Labute approximate surface area is 122 Å². The van der Waals surface area contributed by atoms with Crippen molar-refractivity contribution in [2.75, 3.05) is 6.61 Å². The van der Waals surface area contributed by atoms with Gasteiger partial charge in [-0.15, -0.1) is 0 Å². The Hall–Kier alpha value is -2.30. The van der Waals surface area contributed by atoms with E-state index in [9.17, 15) is 14.7 Å². The third-order valence-corrected chi connectivity index (χ3v) is 3.47. The molecule has 2 rings (SSSR count). The Bertz CT molecular complexity index is 731. The monoisotopic (exact) mass is 289 g/mol. The molecule has 0 radical (unpaired) electrons. The minimum atomic E-state index is -1.29. The van der Waals surface area contributed by atoms with Gasteiger partial charge < -0.3 is 9.84 Å². The second-order valence-corrected chi connectivity index (χ2v) is 5.45. The van der Waals surface area contributed by atoms with Crippen LogP contribution in [0.3, 0.4) is 0 Å². The molecule has 0 aliphatic rings. The first-order valence-electron chi connectivity index (χ1n) is 6.90. The number of hydrogen-bond donors (Lipinski definition) is 1. The summed E-state index contributed by atoms with van der Waals surface area (Å²) in [5.41, 5.74) is -1.61. The van der Waals surface area contributed by atoms with Crippen molar-refractivity contribution in [3.63, 3.8) is 0 Å². The normalized spacial score (nSPS) is 11.6. The van der Waals surface area contributed by atoms with Gasteiger partial charge >= 0.3 is 5.97 Å². The van der Waals surface area contributed by atoms with Crippen molar-refractivity contribution in [2.45, 2.75) is 32.7 Å². The van der Waals surface area contributed by atoms with E-state index < -0.39 is 11.5 Å². The fourth-order valence-corrected chi connectivity index (χ4v) is 2.08. The summed E-state index contributed by atoms with van der Waals surface area (Å²) in [4.78, 5) is 23.8. The maximum atomic E-state index is 12.5. The number of hydrogen-bond acceptors (Lipinski definition) is 3. The molecular formula is C16H19NO4. The van der Waals surface area contributed by atoms with Crippen molar-refractivity contribution >= 4 is 16.7 Å². The lowest BCUT2D eigenvalue weighted by molar-refractivity contribution is -0.145. The molecule has 0 aliphatic heterocycles. The molecule has 0 amide bonds. The van der Waals surface area contributed by atoms with Crippen LogP contribution in [0, 0.1) is 0 Å². The average Bonchev–Trinajstić information content (AvgIpc) is 2.44. The van der Waals surface area contributed by atoms with E-state index in [1.165, 1.54) is 24.6 Å². The molecule has 5 nitrogen and oxygen atoms in total. The molecule has 2 aromatic rings. The van der Waals surface area contributed by atoms with Gasteiger partial charge in [0.1, 0.15) is 11.3 Å². The number of carboxylic acid groups (broad SMARTS) is 1. The number of fused-ring (bicyclic) bond motifs is 1. The van der Waals surface area contributed by atoms with Crippen LogP contribution in [0.25, 0.3) is 10.8 Å². The van der Waals surface area contributed by atoms with E-state index in [-0.39, 0.29) is 5.56 Å². The van der Waals surface area contributed by atoms with Gasteiger partial charge in [0, 0.05) is 11.6 Å². The molecule has 0 unspecified atom stereocenters. The van der Waals surface area contributed by atoms with Crippen LogP contribution in [0.5, 0.6) is 5.75 Å². The predicted molar refractivity (Wildman–Crippen MR) is 81.0 cm³/mol. The van der Waals surface area contributed by atoms with Gasteiger partial charge in [0.2, 0.25) is 0 Å². The van der Waals surface area contributed by atoms with Gasteiger partial charge in [-0.3, -0.25) is 9.36 Å². The number of benzene rings is 1. The first kappa shape index (κ1) is 15.1. The Morgan fingerprint density at radius 3 is 2.67 bits per heavy atom. The molecule has 0 aliphatic carbocycles. The topological polar surface area (TPSA) is 68.5 Å². The minimum absolute atomic E-state index is 0.318. The van der Waals surface area contributed by atoms with Crippen LogP contribution >= 0.6 is 0 Å². The fraction of sp³-hybridized carbons (Fsp3) is 0.375. The average molecular weight is 289 g/mol. The molecule has 112 valence electrons. The zero-order valence-electron chi connectivity index (χ0n) is 12.4. The smallest absolute Gasteiger partial charge is 0.329 e. The second-order valence-electron chi connectivity index (χ2n) is 5.45. The van der Waals surface area contributed by atoms with Gasteiger partial charge in [0.05, 0.1) is 6.61 Å². The quantitative estimate of drug-likeness (QED) is 0.918. The van der Waals surface area contributed by atoms with Gasteiger partial charge in [-0.1, -0.05) is 6.92 Å². The van der Waals surface area contributed by atoms with Gasteiger partial charge in [0.25, 0.3) is 5.56 Å². The van der Waals surface area contributed by atoms with Crippen molar-refractivity contribution in [3.05, 3.63) is 40.8 Å². The SMILES string of the molecule is CCCOc1ccc2c(=O)n(C(C)(C)C(=O)O)ccc2c1. The van der Waals surface area contributed by atoms with Crippen LogP contribution in [-0.2, 0) is 10.3 Å². The number of aromatic nitrogens is 1. The first-order valence-corrected chi connectivity index (χ1v) is 6.90. The molecule has 5 heteroatoms. The molecule has 0 fully saturated rings. The Balaban J connectivity index is 2.54. The molecular weight excluding hydrogens is 270 g/mol. The number of rotatable bonds is 5. The zero-order chi connectivity index (χ0) is 15.6. The summed E-state index contributed by atoms with van der Waals surface area (Å²) in [7, 11) is 0. The minimum Gasteiger partial charge on any atom is -0.494 e. The molecule has 1 aromatic heterocycles. The van der Waals surface area contributed by atoms with E-state index in [1.807, 2.05) is 6.92 Å². The lowest BCUT2D eigenvalue weighted by Crippen LogP contribution is -2.42. The molecule has 0 atom stereocenters. The van der Waals surface area contributed by atoms with Crippen LogP contribution in [0.15, 0.2) is 35.3 Å². The van der Waals surface area contributed by atoms with E-state index >= 15 is 0 Å². The molecule has 21 heavy (non-hydrogen) atoms. The molecule has 1 N–H and O–H groups in total. The lowest BCUT2D eigenvalue weighted by Gasteiger charge is -2.22. The third-order valence-electron chi connectivity index (χ3n) is 3.47. The Kier molecular flexibility index (Phi) is 4.02. The van der Waals surface area contributed by atoms with Crippen LogP contribution < -0.4 is 10.3 Å². The van der Waals surface area contributed by atoms with Crippen molar-refractivity contribution in [1.82, 2.24) is 4.57 Å². The van der Waals surface area contributed by atoms with E-state index in [1.54, 1.807) is 24.3 Å². The number of pyridine rings is 1. The lowest BCUT2D eigenvalue weighted by atomic mass is 10.0. The molecule has 1 heterocycles. The highest BCUT2D eigenvalue weighted by atomic mass is 16.5. The van der Waals surface area contributed by atoms with Crippen molar-refractivity contribution in [2.24, 2.45) is 0 Å². The summed E-state index contributed by atoms with van der Waals surface area (Å²) in [5.74, 6) is -0.342. The number of carbonyl (C=O) groups is 1. The number of carboxylic acids is 1. The van der Waals surface area contributed by atoms with Crippen LogP contribution in [0.4, 0.5) is 0 Å².